The Morgan fingerprint density at radius 1 is 1.21 bits per heavy atom. The fourth-order valence-electron chi connectivity index (χ4n) is 2.34. The second kappa shape index (κ2) is 5.66. The van der Waals surface area contributed by atoms with E-state index in [2.05, 4.69) is 28.9 Å². The zero-order valence-electron chi connectivity index (χ0n) is 11.9. The molecule has 0 bridgehead atoms. The third-order valence-corrected chi connectivity index (χ3v) is 3.69. The smallest absolute Gasteiger partial charge is 0.338 e. The molecule has 106 valence electrons. The number of rotatable bonds is 4. The van der Waals surface area contributed by atoms with E-state index in [4.69, 9.17) is 14.2 Å². The van der Waals surface area contributed by atoms with Crippen molar-refractivity contribution in [3.63, 3.8) is 0 Å². The maximum absolute atomic E-state index is 5.55. The molecule has 1 fully saturated rings. The van der Waals surface area contributed by atoms with Crippen molar-refractivity contribution < 1.29 is 14.2 Å². The summed E-state index contributed by atoms with van der Waals surface area (Å²) in [5, 5.41) is 0. The molecule has 2 atom stereocenters. The largest absolute Gasteiger partial charge is 0.466 e. The van der Waals surface area contributed by atoms with Crippen molar-refractivity contribution in [1.82, 2.24) is 19.4 Å². The highest BCUT2D eigenvalue weighted by molar-refractivity contribution is 5.29. The van der Waals surface area contributed by atoms with Gasteiger partial charge in [0.05, 0.1) is 34.5 Å². The highest BCUT2D eigenvalue weighted by atomic mass is 16.5. The fourth-order valence-corrected chi connectivity index (χ4v) is 2.34. The van der Waals surface area contributed by atoms with E-state index in [1.54, 1.807) is 0 Å². The molecular formula is C12H21N4O3+. The molecule has 0 radical (unpaired) electrons. The van der Waals surface area contributed by atoms with Crippen LogP contribution in [0.3, 0.4) is 0 Å². The molecule has 0 aliphatic carbocycles. The van der Waals surface area contributed by atoms with Crippen molar-refractivity contribution in [3.8, 4) is 12.0 Å². The number of hydrogen-bond acceptors (Lipinski definition) is 6. The topological polar surface area (TPSA) is 66.4 Å². The van der Waals surface area contributed by atoms with Crippen LogP contribution in [0.15, 0.2) is 0 Å². The first-order valence-electron chi connectivity index (χ1n) is 6.41. The lowest BCUT2D eigenvalue weighted by Gasteiger charge is -2.41. The maximum atomic E-state index is 5.55. The highest BCUT2D eigenvalue weighted by Crippen LogP contribution is 2.27. The monoisotopic (exact) mass is 269 g/mol. The molecule has 0 N–H and O–H groups in total. The molecule has 1 aromatic rings. The van der Waals surface area contributed by atoms with Gasteiger partial charge in [0, 0.05) is 0 Å². The zero-order chi connectivity index (χ0) is 13.9. The van der Waals surface area contributed by atoms with Crippen molar-refractivity contribution in [2.24, 2.45) is 0 Å². The SMILES string of the molecule is CCC1COCC[N+]1(C)c1nc(OC)nc(OC)n1. The lowest BCUT2D eigenvalue weighted by molar-refractivity contribution is 0.00428. The number of methoxy groups -OCH3 is 2. The van der Waals surface area contributed by atoms with E-state index < -0.39 is 0 Å². The van der Waals surface area contributed by atoms with Crippen LogP contribution in [-0.2, 0) is 4.74 Å². The van der Waals surface area contributed by atoms with Crippen molar-refractivity contribution in [1.29, 1.82) is 0 Å². The summed E-state index contributed by atoms with van der Waals surface area (Å²) in [5.74, 6) is 0.666. The minimum atomic E-state index is 0.280. The van der Waals surface area contributed by atoms with E-state index in [9.17, 15) is 0 Å². The summed E-state index contributed by atoms with van der Waals surface area (Å²) < 4.78 is 16.4. The lowest BCUT2D eigenvalue weighted by atomic mass is 10.1. The van der Waals surface area contributed by atoms with E-state index in [1.165, 1.54) is 14.2 Å². The van der Waals surface area contributed by atoms with E-state index in [0.29, 0.717) is 29.7 Å². The summed E-state index contributed by atoms with van der Waals surface area (Å²) in [4.78, 5) is 12.8. The van der Waals surface area contributed by atoms with Crippen LogP contribution in [-0.4, -0.2) is 62.0 Å². The second-order valence-electron chi connectivity index (χ2n) is 4.74. The second-order valence-corrected chi connectivity index (χ2v) is 4.74. The molecule has 0 saturated carbocycles. The van der Waals surface area contributed by atoms with E-state index >= 15 is 0 Å². The first kappa shape index (κ1) is 14.0. The number of nitrogens with zero attached hydrogens (tertiary/aromatic N) is 4. The molecule has 0 amide bonds. The summed E-state index contributed by atoms with van der Waals surface area (Å²) in [6.45, 7) is 4.38. The molecule has 2 heterocycles. The minimum Gasteiger partial charge on any atom is -0.466 e. The maximum Gasteiger partial charge on any atom is 0.338 e. The molecule has 7 nitrogen and oxygen atoms in total. The number of hydrogen-bond donors (Lipinski definition) is 0. The van der Waals surface area contributed by atoms with Crippen molar-refractivity contribution >= 4 is 5.95 Å². The van der Waals surface area contributed by atoms with Crippen LogP contribution < -0.4 is 14.0 Å². The van der Waals surface area contributed by atoms with Gasteiger partial charge in [-0.05, 0) is 6.42 Å². The molecule has 7 heteroatoms. The van der Waals surface area contributed by atoms with Gasteiger partial charge in [0.2, 0.25) is 0 Å². The van der Waals surface area contributed by atoms with Crippen molar-refractivity contribution in [2.75, 3.05) is 41.0 Å². The first-order valence-corrected chi connectivity index (χ1v) is 6.41. The summed E-state index contributed by atoms with van der Waals surface area (Å²) >= 11 is 0. The van der Waals surface area contributed by atoms with Gasteiger partial charge in [-0.3, -0.25) is 4.48 Å². The molecule has 1 aromatic heterocycles. The van der Waals surface area contributed by atoms with Gasteiger partial charge < -0.3 is 14.2 Å². The van der Waals surface area contributed by atoms with Crippen molar-refractivity contribution in [2.45, 2.75) is 19.4 Å². The quantitative estimate of drug-likeness (QED) is 0.747. The number of morpholine rings is 1. The Hall–Kier alpha value is -1.47. The zero-order valence-corrected chi connectivity index (χ0v) is 11.9. The molecular weight excluding hydrogens is 248 g/mol. The van der Waals surface area contributed by atoms with E-state index in [-0.39, 0.29) is 12.0 Å². The van der Waals surface area contributed by atoms with Gasteiger partial charge in [0.15, 0.2) is 0 Å². The molecule has 1 aliphatic rings. The van der Waals surface area contributed by atoms with Crippen LogP contribution in [0.25, 0.3) is 0 Å². The number of likely N-dealkylation sites (N-methyl/N-ethyl adjacent to an activating group) is 1. The van der Waals surface area contributed by atoms with Gasteiger partial charge in [-0.25, -0.2) is 0 Å². The van der Waals surface area contributed by atoms with Gasteiger partial charge in [-0.1, -0.05) is 6.92 Å². The van der Waals surface area contributed by atoms with Crippen LogP contribution >= 0.6 is 0 Å². The molecule has 1 saturated heterocycles. The fraction of sp³-hybridized carbons (Fsp3) is 0.750. The predicted molar refractivity (Wildman–Crippen MR) is 70.4 cm³/mol. The Labute approximate surface area is 113 Å². The minimum absolute atomic E-state index is 0.280. The Balaban J connectivity index is 2.42. The normalized spacial score (nSPS) is 27.1. The summed E-state index contributed by atoms with van der Waals surface area (Å²) in [7, 11) is 5.19. The van der Waals surface area contributed by atoms with Crippen LogP contribution in [0.2, 0.25) is 0 Å². The van der Waals surface area contributed by atoms with Crippen LogP contribution in [0, 0.1) is 0 Å². The van der Waals surface area contributed by atoms with Crippen LogP contribution in [0.4, 0.5) is 5.95 Å². The first-order chi connectivity index (χ1) is 9.13. The standard InChI is InChI=1S/C12H21N4O3/c1-5-9-8-19-7-6-16(9,2)10-13-11(17-3)15-12(14-10)18-4/h9H,5-8H2,1-4H3/q+1. The van der Waals surface area contributed by atoms with Gasteiger partial charge in [-0.15, -0.1) is 15.0 Å². The third kappa shape index (κ3) is 2.62. The molecule has 0 spiro atoms. The molecule has 1 aliphatic heterocycles. The summed E-state index contributed by atoms with van der Waals surface area (Å²) in [6.07, 6.45) is 0.993. The molecule has 2 rings (SSSR count). The Bertz CT molecular complexity index is 421. The number of ether oxygens (including phenoxy) is 3. The highest BCUT2D eigenvalue weighted by Gasteiger charge is 2.40. The van der Waals surface area contributed by atoms with Gasteiger partial charge >= 0.3 is 18.0 Å². The number of quaternary nitrogens is 1. The lowest BCUT2D eigenvalue weighted by Crippen LogP contribution is -2.61. The van der Waals surface area contributed by atoms with E-state index in [0.717, 1.165) is 13.0 Å². The molecule has 19 heavy (non-hydrogen) atoms. The third-order valence-electron chi connectivity index (χ3n) is 3.69. The van der Waals surface area contributed by atoms with Gasteiger partial charge in [-0.2, -0.15) is 0 Å². The number of aromatic nitrogens is 3. The Morgan fingerprint density at radius 3 is 2.37 bits per heavy atom. The average Bonchev–Trinajstić information content (AvgIpc) is 2.47. The predicted octanol–water partition coefficient (Wildman–Crippen LogP) is 0.635. The van der Waals surface area contributed by atoms with Gasteiger partial charge in [0.1, 0.15) is 12.6 Å². The summed E-state index contributed by atoms with van der Waals surface area (Å²) in [5.41, 5.74) is 0. The summed E-state index contributed by atoms with van der Waals surface area (Å²) in [6, 6.07) is 0.885. The van der Waals surface area contributed by atoms with Crippen LogP contribution in [0.5, 0.6) is 12.0 Å². The van der Waals surface area contributed by atoms with Crippen LogP contribution in [0.1, 0.15) is 13.3 Å². The van der Waals surface area contributed by atoms with Crippen molar-refractivity contribution in [3.05, 3.63) is 0 Å². The Morgan fingerprint density at radius 2 is 1.84 bits per heavy atom. The van der Waals surface area contributed by atoms with Gasteiger partial charge in [0.25, 0.3) is 0 Å². The Kier molecular flexibility index (Phi) is 4.16. The van der Waals surface area contributed by atoms with E-state index in [1.807, 2.05) is 0 Å². The average molecular weight is 269 g/mol. The molecule has 0 aromatic carbocycles. The molecule has 2 unspecified atom stereocenters.